The number of hydrogen-bond acceptors (Lipinski definition) is 7. The Balaban J connectivity index is 4.87. The second-order valence-corrected chi connectivity index (χ2v) is 4.31. The summed E-state index contributed by atoms with van der Waals surface area (Å²) in [5, 5.41) is 0. The maximum absolute atomic E-state index is 11.1. The highest BCUT2D eigenvalue weighted by Crippen LogP contribution is 2.20. The molecule has 0 radical (unpaired) electrons. The van der Waals surface area contributed by atoms with Crippen LogP contribution in [0.1, 0.15) is 13.8 Å². The summed E-state index contributed by atoms with van der Waals surface area (Å²) in [5.41, 5.74) is -0.954. The van der Waals surface area contributed by atoms with E-state index in [9.17, 15) is 14.4 Å². The summed E-state index contributed by atoms with van der Waals surface area (Å²) in [4.78, 5) is 33.0. The molecule has 0 bridgehead atoms. The molecule has 0 amide bonds. The molecular weight excluding hydrogens is 268 g/mol. The summed E-state index contributed by atoms with van der Waals surface area (Å²) in [7, 11) is 1.44. The second kappa shape index (κ2) is 9.08. The predicted octanol–water partition coefficient (Wildman–Crippen LogP) is 0.475. The summed E-state index contributed by atoms with van der Waals surface area (Å²) in [6.07, 6.45) is 1.01. The normalized spacial score (nSPS) is 10.6. The predicted molar refractivity (Wildman–Crippen MR) is 68.7 cm³/mol. The molecular formula is C13H20O7. The van der Waals surface area contributed by atoms with Gasteiger partial charge in [0.25, 0.3) is 0 Å². The summed E-state index contributed by atoms with van der Waals surface area (Å²) >= 11 is 0. The fraction of sp³-hybridized carbons (Fsp3) is 0.615. The molecule has 0 saturated heterocycles. The zero-order chi connectivity index (χ0) is 15.6. The van der Waals surface area contributed by atoms with E-state index in [-0.39, 0.29) is 26.4 Å². The van der Waals surface area contributed by atoms with Gasteiger partial charge in [-0.15, -0.1) is 0 Å². The van der Waals surface area contributed by atoms with Gasteiger partial charge in [0.2, 0.25) is 0 Å². The number of methoxy groups -OCH3 is 1. The quantitative estimate of drug-likeness (QED) is 0.346. The first-order valence-corrected chi connectivity index (χ1v) is 5.90. The summed E-state index contributed by atoms with van der Waals surface area (Å²) in [6.45, 7) is 5.52. The van der Waals surface area contributed by atoms with E-state index >= 15 is 0 Å². The Morgan fingerprint density at radius 3 is 1.75 bits per heavy atom. The van der Waals surface area contributed by atoms with Gasteiger partial charge < -0.3 is 18.9 Å². The smallest absolute Gasteiger partial charge is 0.330 e. The zero-order valence-electron chi connectivity index (χ0n) is 12.0. The number of carbonyl (C=O) groups excluding carboxylic acids is 3. The van der Waals surface area contributed by atoms with E-state index < -0.39 is 23.3 Å². The first-order valence-electron chi connectivity index (χ1n) is 5.90. The first-order chi connectivity index (χ1) is 9.35. The summed E-state index contributed by atoms with van der Waals surface area (Å²) in [6, 6.07) is 0. The number of carbonyl (C=O) groups is 3. The Morgan fingerprint density at radius 2 is 1.40 bits per heavy atom. The molecule has 0 spiro atoms. The van der Waals surface area contributed by atoms with Crippen LogP contribution in [0.4, 0.5) is 0 Å². The standard InChI is InChI=1S/C13H20O7/c1-5-12(16)20-9-13(6-17-4,7-18-10(2)14)8-19-11(3)15/h5H,1,6-9H2,2-4H3. The molecule has 0 N–H and O–H groups in total. The van der Waals surface area contributed by atoms with Crippen molar-refractivity contribution in [2.75, 3.05) is 33.5 Å². The Bertz CT molecular complexity index is 344. The van der Waals surface area contributed by atoms with E-state index in [0.29, 0.717) is 0 Å². The lowest BCUT2D eigenvalue weighted by molar-refractivity contribution is -0.162. The molecule has 0 rings (SSSR count). The molecule has 0 unspecified atom stereocenters. The molecule has 7 heteroatoms. The topological polar surface area (TPSA) is 88.1 Å². The van der Waals surface area contributed by atoms with E-state index in [1.807, 2.05) is 0 Å². The molecule has 0 atom stereocenters. The Kier molecular flexibility index (Phi) is 8.23. The largest absolute Gasteiger partial charge is 0.465 e. The molecule has 0 aliphatic heterocycles. The Labute approximate surface area is 117 Å². The van der Waals surface area contributed by atoms with Gasteiger partial charge in [0.1, 0.15) is 19.8 Å². The molecule has 0 fully saturated rings. The fourth-order valence-corrected chi connectivity index (χ4v) is 1.35. The van der Waals surface area contributed by atoms with Crippen LogP contribution in [0.3, 0.4) is 0 Å². The van der Waals surface area contributed by atoms with Crippen molar-refractivity contribution in [2.45, 2.75) is 13.8 Å². The molecule has 0 aromatic rings. The van der Waals surface area contributed by atoms with Gasteiger partial charge in [0, 0.05) is 27.0 Å². The molecule has 0 aliphatic carbocycles. The van der Waals surface area contributed by atoms with Crippen molar-refractivity contribution in [2.24, 2.45) is 5.41 Å². The van der Waals surface area contributed by atoms with Crippen LogP contribution in [0.5, 0.6) is 0 Å². The van der Waals surface area contributed by atoms with Crippen LogP contribution in [0.15, 0.2) is 12.7 Å². The molecule has 0 saturated carbocycles. The van der Waals surface area contributed by atoms with Crippen molar-refractivity contribution in [1.29, 1.82) is 0 Å². The van der Waals surface area contributed by atoms with Gasteiger partial charge in [0.15, 0.2) is 0 Å². The first kappa shape index (κ1) is 18.1. The number of esters is 3. The van der Waals surface area contributed by atoms with Crippen LogP contribution in [0, 0.1) is 5.41 Å². The minimum absolute atomic E-state index is 0.0813. The van der Waals surface area contributed by atoms with E-state index in [1.165, 1.54) is 21.0 Å². The maximum atomic E-state index is 11.1. The molecule has 20 heavy (non-hydrogen) atoms. The summed E-state index contributed by atoms with van der Waals surface area (Å²) < 4.78 is 19.9. The van der Waals surface area contributed by atoms with Crippen LogP contribution >= 0.6 is 0 Å². The van der Waals surface area contributed by atoms with Crippen LogP contribution in [-0.2, 0) is 33.3 Å². The molecule has 0 aromatic carbocycles. The lowest BCUT2D eigenvalue weighted by Gasteiger charge is -2.30. The number of rotatable bonds is 9. The van der Waals surface area contributed by atoms with E-state index in [2.05, 4.69) is 6.58 Å². The van der Waals surface area contributed by atoms with Crippen molar-refractivity contribution in [3.63, 3.8) is 0 Å². The molecule has 114 valence electrons. The van der Waals surface area contributed by atoms with Gasteiger partial charge in [-0.1, -0.05) is 6.58 Å². The third kappa shape index (κ3) is 7.52. The van der Waals surface area contributed by atoms with Crippen molar-refractivity contribution in [1.82, 2.24) is 0 Å². The average molecular weight is 288 g/mol. The molecule has 0 aromatic heterocycles. The summed E-state index contributed by atoms with van der Waals surface area (Å²) in [5.74, 6) is -1.62. The van der Waals surface area contributed by atoms with Crippen molar-refractivity contribution in [3.05, 3.63) is 12.7 Å². The van der Waals surface area contributed by atoms with Gasteiger partial charge in [0.05, 0.1) is 12.0 Å². The molecule has 7 nitrogen and oxygen atoms in total. The van der Waals surface area contributed by atoms with Crippen molar-refractivity contribution >= 4 is 17.9 Å². The lowest BCUT2D eigenvalue weighted by Crippen LogP contribution is -2.42. The third-order valence-corrected chi connectivity index (χ3v) is 2.30. The molecule has 0 heterocycles. The van der Waals surface area contributed by atoms with E-state index in [1.54, 1.807) is 0 Å². The highest BCUT2D eigenvalue weighted by atomic mass is 16.6. The van der Waals surface area contributed by atoms with Gasteiger partial charge >= 0.3 is 17.9 Å². The molecule has 0 aliphatic rings. The van der Waals surface area contributed by atoms with Gasteiger partial charge in [-0.2, -0.15) is 0 Å². The minimum Gasteiger partial charge on any atom is -0.465 e. The zero-order valence-corrected chi connectivity index (χ0v) is 12.0. The van der Waals surface area contributed by atoms with Gasteiger partial charge in [-0.25, -0.2) is 4.79 Å². The Morgan fingerprint density at radius 1 is 0.950 bits per heavy atom. The Hall–Kier alpha value is -1.89. The van der Waals surface area contributed by atoms with Crippen molar-refractivity contribution in [3.8, 4) is 0 Å². The second-order valence-electron chi connectivity index (χ2n) is 4.31. The monoisotopic (exact) mass is 288 g/mol. The SMILES string of the molecule is C=CC(=O)OCC(COC)(COC(C)=O)COC(C)=O. The van der Waals surface area contributed by atoms with Gasteiger partial charge in [-0.05, 0) is 0 Å². The average Bonchev–Trinajstić information content (AvgIpc) is 2.40. The van der Waals surface area contributed by atoms with Crippen LogP contribution in [0.25, 0.3) is 0 Å². The maximum Gasteiger partial charge on any atom is 0.330 e. The number of hydrogen-bond donors (Lipinski definition) is 0. The minimum atomic E-state index is -0.954. The highest BCUT2D eigenvalue weighted by molar-refractivity contribution is 5.81. The van der Waals surface area contributed by atoms with E-state index in [0.717, 1.165) is 6.08 Å². The van der Waals surface area contributed by atoms with Crippen LogP contribution in [-0.4, -0.2) is 51.4 Å². The number of ether oxygens (including phenoxy) is 4. The van der Waals surface area contributed by atoms with Crippen molar-refractivity contribution < 1.29 is 33.3 Å². The fourth-order valence-electron chi connectivity index (χ4n) is 1.35. The third-order valence-electron chi connectivity index (χ3n) is 2.30. The van der Waals surface area contributed by atoms with Crippen LogP contribution < -0.4 is 0 Å². The lowest BCUT2D eigenvalue weighted by atomic mass is 9.92. The van der Waals surface area contributed by atoms with Crippen LogP contribution in [0.2, 0.25) is 0 Å². The highest BCUT2D eigenvalue weighted by Gasteiger charge is 2.35. The van der Waals surface area contributed by atoms with Gasteiger partial charge in [-0.3, -0.25) is 9.59 Å². The van der Waals surface area contributed by atoms with E-state index in [4.69, 9.17) is 18.9 Å².